The standard InChI is InChI=1S/C21H32N4O2/c1-2-16-8-10-17(11-9-16)19-14-22-12-13-25(19)20(26)15-23-21(27)24-18-6-4-3-5-7-18/h8-11,18-19,22H,2-7,12-15H2,1H3,(H2,23,24,27). The number of nitrogens with zero attached hydrogens (tertiary/aromatic N) is 1. The van der Waals surface area contributed by atoms with Crippen LogP contribution in [-0.4, -0.2) is 49.1 Å². The van der Waals surface area contributed by atoms with E-state index in [0.717, 1.165) is 37.9 Å². The Morgan fingerprint density at radius 3 is 2.59 bits per heavy atom. The summed E-state index contributed by atoms with van der Waals surface area (Å²) in [7, 11) is 0. The number of hydrogen-bond acceptors (Lipinski definition) is 3. The molecule has 1 atom stereocenters. The Kier molecular flexibility index (Phi) is 7.10. The number of benzene rings is 1. The molecule has 1 aliphatic carbocycles. The molecule has 3 N–H and O–H groups in total. The van der Waals surface area contributed by atoms with Crippen molar-refractivity contribution >= 4 is 11.9 Å². The number of hydrogen-bond donors (Lipinski definition) is 3. The Morgan fingerprint density at radius 1 is 1.15 bits per heavy atom. The Balaban J connectivity index is 1.53. The van der Waals surface area contributed by atoms with Gasteiger partial charge in [0.1, 0.15) is 0 Å². The second-order valence-electron chi connectivity index (χ2n) is 7.56. The Morgan fingerprint density at radius 2 is 1.89 bits per heavy atom. The molecule has 27 heavy (non-hydrogen) atoms. The maximum absolute atomic E-state index is 12.8. The van der Waals surface area contributed by atoms with Crippen molar-refractivity contribution in [1.82, 2.24) is 20.9 Å². The molecule has 0 spiro atoms. The van der Waals surface area contributed by atoms with Crippen LogP contribution >= 0.6 is 0 Å². The van der Waals surface area contributed by atoms with Gasteiger partial charge in [0.05, 0.1) is 12.6 Å². The molecule has 3 rings (SSSR count). The number of piperazine rings is 1. The highest BCUT2D eigenvalue weighted by molar-refractivity contribution is 5.84. The zero-order valence-corrected chi connectivity index (χ0v) is 16.3. The van der Waals surface area contributed by atoms with Crippen molar-refractivity contribution in [2.24, 2.45) is 0 Å². The van der Waals surface area contributed by atoms with Gasteiger partial charge >= 0.3 is 6.03 Å². The second-order valence-corrected chi connectivity index (χ2v) is 7.56. The fraction of sp³-hybridized carbons (Fsp3) is 0.619. The molecule has 1 saturated carbocycles. The third-order valence-corrected chi connectivity index (χ3v) is 5.68. The molecule has 1 unspecified atom stereocenters. The average Bonchev–Trinajstić information content (AvgIpc) is 2.73. The maximum atomic E-state index is 12.8. The zero-order chi connectivity index (χ0) is 19.1. The zero-order valence-electron chi connectivity index (χ0n) is 16.3. The molecule has 2 aliphatic rings. The van der Waals surface area contributed by atoms with E-state index in [1.165, 1.54) is 24.8 Å². The van der Waals surface area contributed by atoms with Crippen LogP contribution in [-0.2, 0) is 11.2 Å². The number of amides is 3. The summed E-state index contributed by atoms with van der Waals surface area (Å²) in [6.45, 7) is 4.36. The van der Waals surface area contributed by atoms with Crippen LogP contribution in [0.4, 0.5) is 4.79 Å². The average molecular weight is 373 g/mol. The molecular weight excluding hydrogens is 340 g/mol. The number of carbonyl (C=O) groups excluding carboxylic acids is 2. The molecule has 1 saturated heterocycles. The Labute approximate surface area is 162 Å². The lowest BCUT2D eigenvalue weighted by molar-refractivity contribution is -0.133. The maximum Gasteiger partial charge on any atom is 0.315 e. The lowest BCUT2D eigenvalue weighted by Crippen LogP contribution is -2.52. The Hall–Kier alpha value is -2.08. The summed E-state index contributed by atoms with van der Waals surface area (Å²) in [4.78, 5) is 26.8. The first kappa shape index (κ1) is 19.7. The number of aryl methyl sites for hydroxylation is 1. The van der Waals surface area contributed by atoms with E-state index < -0.39 is 0 Å². The van der Waals surface area contributed by atoms with E-state index in [1.807, 2.05) is 4.90 Å². The first-order valence-electron chi connectivity index (χ1n) is 10.3. The summed E-state index contributed by atoms with van der Waals surface area (Å²) in [5, 5.41) is 9.13. The van der Waals surface area contributed by atoms with Crippen LogP contribution in [0.5, 0.6) is 0 Å². The summed E-state index contributed by atoms with van der Waals surface area (Å²) < 4.78 is 0. The summed E-state index contributed by atoms with van der Waals surface area (Å²) in [5.41, 5.74) is 2.43. The first-order chi connectivity index (χ1) is 13.2. The minimum atomic E-state index is -0.228. The van der Waals surface area contributed by atoms with Crippen molar-refractivity contribution in [2.45, 2.75) is 57.5 Å². The molecule has 6 heteroatoms. The predicted molar refractivity (Wildman–Crippen MR) is 107 cm³/mol. The summed E-state index contributed by atoms with van der Waals surface area (Å²) in [5.74, 6) is -0.0279. The quantitative estimate of drug-likeness (QED) is 0.743. The fourth-order valence-corrected chi connectivity index (χ4v) is 4.02. The minimum absolute atomic E-state index is 0.0142. The van der Waals surface area contributed by atoms with Crippen molar-refractivity contribution in [3.05, 3.63) is 35.4 Å². The van der Waals surface area contributed by atoms with Gasteiger partial charge in [-0.15, -0.1) is 0 Å². The van der Waals surface area contributed by atoms with Gasteiger partial charge < -0.3 is 20.9 Å². The smallest absolute Gasteiger partial charge is 0.315 e. The second kappa shape index (κ2) is 9.74. The van der Waals surface area contributed by atoms with Gasteiger partial charge in [-0.3, -0.25) is 4.79 Å². The van der Waals surface area contributed by atoms with E-state index in [4.69, 9.17) is 0 Å². The van der Waals surface area contributed by atoms with Gasteiger partial charge in [-0.25, -0.2) is 4.79 Å². The number of carbonyl (C=O) groups is 2. The molecular formula is C21H32N4O2. The van der Waals surface area contributed by atoms with Crippen LogP contribution in [0.1, 0.15) is 56.2 Å². The largest absolute Gasteiger partial charge is 0.335 e. The van der Waals surface area contributed by atoms with Gasteiger partial charge in [-0.1, -0.05) is 50.5 Å². The van der Waals surface area contributed by atoms with Crippen LogP contribution in [0.25, 0.3) is 0 Å². The van der Waals surface area contributed by atoms with Gasteiger partial charge in [0.25, 0.3) is 0 Å². The van der Waals surface area contributed by atoms with Crippen LogP contribution < -0.4 is 16.0 Å². The molecule has 1 aromatic rings. The molecule has 1 aliphatic heterocycles. The molecule has 148 valence electrons. The molecule has 0 radical (unpaired) electrons. The lowest BCUT2D eigenvalue weighted by Gasteiger charge is -2.36. The monoisotopic (exact) mass is 372 g/mol. The molecule has 1 aromatic carbocycles. The molecule has 6 nitrogen and oxygen atoms in total. The summed E-state index contributed by atoms with van der Waals surface area (Å²) in [6, 6.07) is 8.51. The minimum Gasteiger partial charge on any atom is -0.335 e. The van der Waals surface area contributed by atoms with E-state index in [2.05, 4.69) is 47.1 Å². The number of urea groups is 1. The molecule has 2 fully saturated rings. The van der Waals surface area contributed by atoms with Crippen molar-refractivity contribution in [2.75, 3.05) is 26.2 Å². The molecule has 0 bridgehead atoms. The van der Waals surface area contributed by atoms with Crippen molar-refractivity contribution in [3.8, 4) is 0 Å². The number of nitrogens with one attached hydrogen (secondary N) is 3. The third-order valence-electron chi connectivity index (χ3n) is 5.68. The van der Waals surface area contributed by atoms with E-state index in [9.17, 15) is 9.59 Å². The molecule has 1 heterocycles. The van der Waals surface area contributed by atoms with Crippen LogP contribution in [0.2, 0.25) is 0 Å². The van der Waals surface area contributed by atoms with Crippen molar-refractivity contribution < 1.29 is 9.59 Å². The lowest BCUT2D eigenvalue weighted by atomic mass is 9.96. The van der Waals surface area contributed by atoms with Crippen LogP contribution in [0.15, 0.2) is 24.3 Å². The van der Waals surface area contributed by atoms with E-state index in [1.54, 1.807) is 0 Å². The Bertz CT molecular complexity index is 626. The van der Waals surface area contributed by atoms with Gasteiger partial charge in [0.2, 0.25) is 5.91 Å². The highest BCUT2D eigenvalue weighted by Crippen LogP contribution is 2.23. The highest BCUT2D eigenvalue weighted by Gasteiger charge is 2.28. The normalized spacial score (nSPS) is 20.9. The third kappa shape index (κ3) is 5.45. The first-order valence-corrected chi connectivity index (χ1v) is 10.3. The topological polar surface area (TPSA) is 73.5 Å². The highest BCUT2D eigenvalue weighted by atomic mass is 16.2. The summed E-state index contributed by atoms with van der Waals surface area (Å²) in [6.07, 6.45) is 6.67. The fourth-order valence-electron chi connectivity index (χ4n) is 4.02. The number of rotatable bonds is 5. The van der Waals surface area contributed by atoms with Gasteiger partial charge in [0.15, 0.2) is 0 Å². The SMILES string of the molecule is CCc1ccc(C2CNCCN2C(=O)CNC(=O)NC2CCCCC2)cc1. The van der Waals surface area contributed by atoms with E-state index in [-0.39, 0.29) is 30.6 Å². The summed E-state index contributed by atoms with van der Waals surface area (Å²) >= 11 is 0. The van der Waals surface area contributed by atoms with E-state index >= 15 is 0 Å². The van der Waals surface area contributed by atoms with Gasteiger partial charge in [0, 0.05) is 25.7 Å². The van der Waals surface area contributed by atoms with E-state index in [0.29, 0.717) is 6.54 Å². The van der Waals surface area contributed by atoms with Gasteiger partial charge in [-0.2, -0.15) is 0 Å². The predicted octanol–water partition coefficient (Wildman–Crippen LogP) is 2.35. The van der Waals surface area contributed by atoms with Gasteiger partial charge in [-0.05, 0) is 30.4 Å². The van der Waals surface area contributed by atoms with Crippen LogP contribution in [0.3, 0.4) is 0 Å². The van der Waals surface area contributed by atoms with Crippen molar-refractivity contribution in [3.63, 3.8) is 0 Å². The van der Waals surface area contributed by atoms with Crippen LogP contribution in [0, 0.1) is 0 Å². The molecule has 3 amide bonds. The molecule has 0 aromatic heterocycles. The van der Waals surface area contributed by atoms with Crippen molar-refractivity contribution in [1.29, 1.82) is 0 Å².